The molecule has 4 aromatic carbocycles. The summed E-state index contributed by atoms with van der Waals surface area (Å²) in [5, 5.41) is 54.0. The molecule has 0 amide bonds. The highest BCUT2D eigenvalue weighted by Gasteiger charge is 2.30. The third kappa shape index (κ3) is 7.48. The van der Waals surface area contributed by atoms with Gasteiger partial charge in [0.15, 0.2) is 0 Å². The monoisotopic (exact) mass is 688 g/mol. The molecule has 0 spiro atoms. The molecule has 0 fully saturated rings. The third-order valence-corrected chi connectivity index (χ3v) is 7.64. The van der Waals surface area contributed by atoms with Gasteiger partial charge in [-0.2, -0.15) is 0 Å². The number of benzene rings is 4. The van der Waals surface area contributed by atoms with Crippen LogP contribution in [0.25, 0.3) is 0 Å². The van der Waals surface area contributed by atoms with Gasteiger partial charge in [-0.25, -0.2) is 4.79 Å². The molecule has 0 aromatic heterocycles. The van der Waals surface area contributed by atoms with E-state index in [9.17, 15) is 45.3 Å². The fraction of sp³-hybridized carbons (Fsp3) is 0.219. The van der Waals surface area contributed by atoms with Crippen molar-refractivity contribution in [2.24, 2.45) is 0 Å². The van der Waals surface area contributed by atoms with Gasteiger partial charge in [0.05, 0.1) is 32.4 Å². The van der Waals surface area contributed by atoms with Crippen LogP contribution in [-0.4, -0.2) is 32.8 Å². The molecule has 4 aromatic rings. The van der Waals surface area contributed by atoms with Crippen LogP contribution in [0.3, 0.4) is 0 Å². The zero-order valence-corrected chi connectivity index (χ0v) is 26.5. The number of unbranched alkanes of at least 4 members (excludes halogenated alkanes) is 3. The predicted molar refractivity (Wildman–Crippen MR) is 178 cm³/mol. The fourth-order valence-electron chi connectivity index (χ4n) is 5.27. The van der Waals surface area contributed by atoms with Gasteiger partial charge < -0.3 is 24.8 Å². The van der Waals surface area contributed by atoms with Crippen molar-refractivity contribution in [3.8, 4) is 23.0 Å². The maximum atomic E-state index is 12.6. The quantitative estimate of drug-likeness (QED) is 0.0604. The van der Waals surface area contributed by atoms with Gasteiger partial charge in [0.2, 0.25) is 11.5 Å². The van der Waals surface area contributed by atoms with Gasteiger partial charge in [0, 0.05) is 29.6 Å². The number of nitrogens with one attached hydrogen (secondary N) is 2. The van der Waals surface area contributed by atoms with Crippen molar-refractivity contribution in [1.82, 2.24) is 0 Å². The molecule has 0 saturated carbocycles. The number of nitro groups is 4. The molecule has 1 aliphatic rings. The number of nitrogens with zero attached hydrogens (tertiary/aromatic N) is 4. The molecule has 0 radical (unpaired) electrons. The molecule has 8 bridgehead atoms. The van der Waals surface area contributed by atoms with Gasteiger partial charge in [-0.1, -0.05) is 32.3 Å². The molecular weight excluding hydrogens is 660 g/mol. The number of hydrogen-bond donors (Lipinski definition) is 2. The number of hydrogen-bond acceptors (Lipinski definition) is 14. The molecule has 258 valence electrons. The van der Waals surface area contributed by atoms with Crippen molar-refractivity contribution in [1.29, 1.82) is 0 Å². The Kier molecular flexibility index (Phi) is 10.0. The summed E-state index contributed by atoms with van der Waals surface area (Å²) in [4.78, 5) is 57.6. The van der Waals surface area contributed by atoms with Crippen LogP contribution in [-0.2, 0) is 11.2 Å². The molecule has 1 heterocycles. The number of aryl methyl sites for hydroxylation is 1. The number of carbonyl (C=O) groups excluding carboxylic acids is 1. The van der Waals surface area contributed by atoms with Crippen LogP contribution in [0.4, 0.5) is 45.5 Å². The van der Waals surface area contributed by atoms with E-state index in [4.69, 9.17) is 14.2 Å². The highest BCUT2D eigenvalue weighted by atomic mass is 16.6. The molecule has 18 nitrogen and oxygen atoms in total. The number of anilines is 4. The van der Waals surface area contributed by atoms with E-state index in [1.54, 1.807) is 6.07 Å². The molecule has 5 rings (SSSR count). The fourth-order valence-corrected chi connectivity index (χ4v) is 5.27. The summed E-state index contributed by atoms with van der Waals surface area (Å²) in [6.45, 7) is 2.05. The molecule has 0 aliphatic carbocycles. The van der Waals surface area contributed by atoms with Crippen molar-refractivity contribution in [3.63, 3.8) is 0 Å². The second kappa shape index (κ2) is 14.5. The first kappa shape index (κ1) is 34.5. The van der Waals surface area contributed by atoms with E-state index in [1.165, 1.54) is 30.3 Å². The lowest BCUT2D eigenvalue weighted by molar-refractivity contribution is -0.394. The smallest absolute Gasteiger partial charge is 0.337 e. The Balaban J connectivity index is 1.80. The first-order valence-electron chi connectivity index (χ1n) is 15.1. The highest BCUT2D eigenvalue weighted by molar-refractivity contribution is 5.93. The molecule has 50 heavy (non-hydrogen) atoms. The van der Waals surface area contributed by atoms with Crippen molar-refractivity contribution in [2.75, 3.05) is 17.7 Å². The van der Waals surface area contributed by atoms with E-state index in [0.717, 1.165) is 51.0 Å². The number of fused-ring (bicyclic) bond motifs is 8. The van der Waals surface area contributed by atoms with E-state index in [0.29, 0.717) is 18.1 Å². The molecule has 18 heteroatoms. The van der Waals surface area contributed by atoms with Gasteiger partial charge in [-0.15, -0.1) is 0 Å². The lowest BCUT2D eigenvalue weighted by atomic mass is 10.0. The summed E-state index contributed by atoms with van der Waals surface area (Å²) in [5.41, 5.74) is -2.87. The Morgan fingerprint density at radius 1 is 0.660 bits per heavy atom. The summed E-state index contributed by atoms with van der Waals surface area (Å²) in [6, 6.07) is 11.8. The topological polar surface area (TPSA) is 241 Å². The molecular formula is C32H28N6O12. The van der Waals surface area contributed by atoms with Crippen molar-refractivity contribution in [3.05, 3.63) is 112 Å². The maximum Gasteiger partial charge on any atom is 0.337 e. The van der Waals surface area contributed by atoms with Crippen LogP contribution in [0, 0.1) is 40.5 Å². The summed E-state index contributed by atoms with van der Waals surface area (Å²) in [6.07, 6.45) is 3.99. The van der Waals surface area contributed by atoms with Crippen molar-refractivity contribution in [2.45, 2.75) is 39.0 Å². The number of rotatable bonds is 10. The van der Waals surface area contributed by atoms with Gasteiger partial charge in [-0.3, -0.25) is 40.5 Å². The number of esters is 1. The Bertz CT molecular complexity index is 2050. The van der Waals surface area contributed by atoms with Crippen molar-refractivity contribution >= 4 is 51.5 Å². The second-order valence-electron chi connectivity index (χ2n) is 11.0. The lowest BCUT2D eigenvalue weighted by Crippen LogP contribution is -2.06. The normalized spacial score (nSPS) is 11.6. The number of carbonyl (C=O) groups is 1. The van der Waals surface area contributed by atoms with E-state index in [-0.39, 0.29) is 45.6 Å². The zero-order chi connectivity index (χ0) is 36.1. The van der Waals surface area contributed by atoms with E-state index >= 15 is 0 Å². The van der Waals surface area contributed by atoms with Crippen LogP contribution >= 0.6 is 0 Å². The first-order chi connectivity index (χ1) is 23.9. The first-order valence-corrected chi connectivity index (χ1v) is 15.1. The second-order valence-corrected chi connectivity index (χ2v) is 11.0. The minimum absolute atomic E-state index is 0.0150. The molecule has 1 aliphatic heterocycles. The summed E-state index contributed by atoms with van der Waals surface area (Å²) < 4.78 is 16.8. The third-order valence-electron chi connectivity index (χ3n) is 7.64. The van der Waals surface area contributed by atoms with Crippen molar-refractivity contribution < 1.29 is 38.7 Å². The summed E-state index contributed by atoms with van der Waals surface area (Å²) in [7, 11) is 1.11. The molecule has 0 unspecified atom stereocenters. The number of ether oxygens (including phenoxy) is 3. The van der Waals surface area contributed by atoms with Gasteiger partial charge >= 0.3 is 17.3 Å². The molecule has 0 saturated heterocycles. The van der Waals surface area contributed by atoms with Gasteiger partial charge in [0.1, 0.15) is 35.0 Å². The minimum atomic E-state index is -0.856. The predicted octanol–water partition coefficient (Wildman–Crippen LogP) is 8.61. The molecule has 2 N–H and O–H groups in total. The number of nitro benzene ring substituents is 4. The van der Waals surface area contributed by atoms with Crippen LogP contribution in [0.2, 0.25) is 0 Å². The Labute approximate surface area is 282 Å². The summed E-state index contributed by atoms with van der Waals surface area (Å²) in [5.74, 6) is -1.59. The van der Waals surface area contributed by atoms with E-state index in [1.807, 2.05) is 6.92 Å². The SMILES string of the molecule is CCCCCCc1ccc2cc1Oc1cc(c([N+](=O)[O-])cc1[N+](=O)[O-])Nc1cc(cc(C(=O)OC)c1)Nc1cc(c([N+](=O)[O-])cc1[N+](=O)[O-])O2. The average Bonchev–Trinajstić information content (AvgIpc) is 3.06. The van der Waals surface area contributed by atoms with E-state index in [2.05, 4.69) is 10.6 Å². The highest BCUT2D eigenvalue weighted by Crippen LogP contribution is 2.45. The van der Waals surface area contributed by atoms with E-state index < -0.39 is 54.2 Å². The van der Waals surface area contributed by atoms with Crippen LogP contribution in [0.1, 0.15) is 48.5 Å². The Morgan fingerprint density at radius 3 is 1.70 bits per heavy atom. The van der Waals surface area contributed by atoms with Crippen LogP contribution < -0.4 is 20.1 Å². The average molecular weight is 689 g/mol. The Hall–Kier alpha value is -6.85. The summed E-state index contributed by atoms with van der Waals surface area (Å²) >= 11 is 0. The van der Waals surface area contributed by atoms with Gasteiger partial charge in [0.25, 0.3) is 11.4 Å². The van der Waals surface area contributed by atoms with Crippen LogP contribution in [0.5, 0.6) is 23.0 Å². The minimum Gasteiger partial charge on any atom is -0.465 e. The Morgan fingerprint density at radius 2 is 1.20 bits per heavy atom. The van der Waals surface area contributed by atoms with Gasteiger partial charge in [-0.05, 0) is 42.7 Å². The maximum absolute atomic E-state index is 12.6. The lowest BCUT2D eigenvalue weighted by Gasteiger charge is -2.17. The molecule has 0 atom stereocenters. The number of methoxy groups -OCH3 is 1. The standard InChI is InChI=1S/C32H28N6O12/c1-3-4-5-6-7-18-8-9-22-13-29(18)50-31-15-24(26(36(42)43)17-28(31)38(46)47)34-21-11-19(32(39)48-2)10-20(12-21)33-23-14-30(49-22)27(37(44)45)16-25(23)35(40)41/h8-17,33-34H,3-7H2,1-2H3. The largest absolute Gasteiger partial charge is 0.465 e. The van der Waals surface area contributed by atoms with Crippen LogP contribution in [0.15, 0.2) is 60.7 Å². The zero-order valence-electron chi connectivity index (χ0n) is 26.5.